The van der Waals surface area contributed by atoms with E-state index in [1.54, 1.807) is 0 Å². The highest BCUT2D eigenvalue weighted by molar-refractivity contribution is 7.89. The Balaban J connectivity index is 1.67. The predicted octanol–water partition coefficient (Wildman–Crippen LogP) is 0.564. The summed E-state index contributed by atoms with van der Waals surface area (Å²) in [6.45, 7) is 5.01. The number of ether oxygens (including phenoxy) is 2. The molecule has 1 atom stereocenters. The first kappa shape index (κ1) is 20.5. The van der Waals surface area contributed by atoms with Gasteiger partial charge in [-0.05, 0) is 38.4 Å². The lowest BCUT2D eigenvalue weighted by molar-refractivity contribution is 0.0600. The van der Waals surface area contributed by atoms with Crippen molar-refractivity contribution < 1.29 is 22.7 Å². The first-order valence-electron chi connectivity index (χ1n) is 10.2. The molecule has 3 aliphatic heterocycles. The highest BCUT2D eigenvalue weighted by Gasteiger charge is 2.36. The number of carbonyl (C=O) groups excluding carboxylic acids is 1. The number of morpholine rings is 1. The number of hydrogen-bond acceptors (Lipinski definition) is 8. The molecule has 0 spiro atoms. The fraction of sp³-hybridized carbons (Fsp3) is 0.684. The summed E-state index contributed by atoms with van der Waals surface area (Å²) < 4.78 is 38.3. The number of nitrogens with zero attached hydrogens (tertiary/aromatic N) is 4. The van der Waals surface area contributed by atoms with Gasteiger partial charge in [-0.15, -0.1) is 0 Å². The Bertz CT molecular complexity index is 850. The Morgan fingerprint density at radius 2 is 1.90 bits per heavy atom. The van der Waals surface area contributed by atoms with E-state index in [1.165, 1.54) is 36.5 Å². The summed E-state index contributed by atoms with van der Waals surface area (Å²) in [5.74, 6) is -0.176. The van der Waals surface area contributed by atoms with Crippen molar-refractivity contribution >= 4 is 21.8 Å². The molecule has 3 saturated heterocycles. The minimum atomic E-state index is -3.80. The number of pyridine rings is 1. The summed E-state index contributed by atoms with van der Waals surface area (Å²) in [6.07, 6.45) is 4.83. The highest BCUT2D eigenvalue weighted by atomic mass is 32.2. The van der Waals surface area contributed by atoms with Crippen molar-refractivity contribution in [3.05, 3.63) is 17.8 Å². The van der Waals surface area contributed by atoms with Gasteiger partial charge >= 0.3 is 5.97 Å². The summed E-state index contributed by atoms with van der Waals surface area (Å²) in [6, 6.07) is 1.82. The Kier molecular flexibility index (Phi) is 6.05. The number of hydrogen-bond donors (Lipinski definition) is 0. The van der Waals surface area contributed by atoms with E-state index in [4.69, 9.17) is 9.47 Å². The number of anilines is 1. The van der Waals surface area contributed by atoms with Gasteiger partial charge in [-0.1, -0.05) is 0 Å². The van der Waals surface area contributed by atoms with Crippen LogP contribution in [0.1, 0.15) is 29.6 Å². The predicted molar refractivity (Wildman–Crippen MR) is 107 cm³/mol. The third kappa shape index (κ3) is 4.11. The van der Waals surface area contributed by atoms with Gasteiger partial charge in [0.25, 0.3) is 0 Å². The van der Waals surface area contributed by atoms with Gasteiger partial charge in [0.2, 0.25) is 10.0 Å². The van der Waals surface area contributed by atoms with Crippen molar-refractivity contribution in [3.63, 3.8) is 0 Å². The normalized spacial score (nSPS) is 24.2. The van der Waals surface area contributed by atoms with E-state index in [0.29, 0.717) is 38.2 Å². The molecule has 3 fully saturated rings. The first-order chi connectivity index (χ1) is 14.0. The Morgan fingerprint density at radius 3 is 2.59 bits per heavy atom. The smallest absolute Gasteiger partial charge is 0.339 e. The van der Waals surface area contributed by atoms with E-state index in [-0.39, 0.29) is 10.5 Å². The second kappa shape index (κ2) is 8.55. The van der Waals surface area contributed by atoms with Crippen molar-refractivity contribution in [2.75, 3.05) is 64.5 Å². The zero-order valence-corrected chi connectivity index (χ0v) is 17.6. The fourth-order valence-corrected chi connectivity index (χ4v) is 5.96. The molecular formula is C19H28N4O5S. The highest BCUT2D eigenvalue weighted by Crippen LogP contribution is 2.31. The molecule has 4 heterocycles. The lowest BCUT2D eigenvalue weighted by Crippen LogP contribution is -2.41. The summed E-state index contributed by atoms with van der Waals surface area (Å²) in [5.41, 5.74) is 0.137. The monoisotopic (exact) mass is 424 g/mol. The number of methoxy groups -OCH3 is 1. The number of sulfonamides is 1. The van der Waals surface area contributed by atoms with Gasteiger partial charge in [0.15, 0.2) is 0 Å². The van der Waals surface area contributed by atoms with Gasteiger partial charge < -0.3 is 14.4 Å². The van der Waals surface area contributed by atoms with Crippen molar-refractivity contribution in [2.24, 2.45) is 0 Å². The van der Waals surface area contributed by atoms with Gasteiger partial charge in [0, 0.05) is 38.4 Å². The molecule has 29 heavy (non-hydrogen) atoms. The van der Waals surface area contributed by atoms with Crippen LogP contribution in [-0.4, -0.2) is 94.2 Å². The third-order valence-corrected chi connectivity index (χ3v) is 7.86. The maximum Gasteiger partial charge on any atom is 0.339 e. The number of aromatic nitrogens is 1. The van der Waals surface area contributed by atoms with Crippen molar-refractivity contribution in [3.8, 4) is 0 Å². The van der Waals surface area contributed by atoms with E-state index < -0.39 is 16.0 Å². The molecule has 10 heteroatoms. The molecule has 0 bridgehead atoms. The van der Waals surface area contributed by atoms with E-state index in [1.807, 2.05) is 4.90 Å². The summed E-state index contributed by atoms with van der Waals surface area (Å²) in [4.78, 5) is 21.0. The van der Waals surface area contributed by atoms with Crippen LogP contribution in [0.3, 0.4) is 0 Å². The van der Waals surface area contributed by atoms with Crippen LogP contribution in [-0.2, 0) is 19.5 Å². The van der Waals surface area contributed by atoms with Gasteiger partial charge in [0.1, 0.15) is 10.7 Å². The van der Waals surface area contributed by atoms with Gasteiger partial charge in [-0.3, -0.25) is 4.90 Å². The van der Waals surface area contributed by atoms with Crippen molar-refractivity contribution in [1.82, 2.24) is 14.2 Å². The van der Waals surface area contributed by atoms with Crippen LogP contribution in [0, 0.1) is 0 Å². The third-order valence-electron chi connectivity index (χ3n) is 5.96. The number of likely N-dealkylation sites (tertiary alicyclic amines) is 1. The molecule has 0 saturated carbocycles. The molecule has 0 amide bonds. The molecule has 0 aromatic carbocycles. The van der Waals surface area contributed by atoms with Crippen molar-refractivity contribution in [1.29, 1.82) is 0 Å². The molecule has 4 rings (SSSR count). The molecule has 3 aliphatic rings. The van der Waals surface area contributed by atoms with Crippen LogP contribution in [0.5, 0.6) is 0 Å². The summed E-state index contributed by atoms with van der Waals surface area (Å²) in [7, 11) is -2.53. The SMILES string of the molecule is COC(=O)c1cnc(N2CCC(N3CCCC3)C2)c(S(=O)(=O)N2CCOCC2)c1. The molecule has 1 unspecified atom stereocenters. The lowest BCUT2D eigenvalue weighted by Gasteiger charge is -2.29. The topological polar surface area (TPSA) is 92.3 Å². The Morgan fingerprint density at radius 1 is 1.17 bits per heavy atom. The Hall–Kier alpha value is -1.75. The standard InChI is InChI=1S/C19H28N4O5S/c1-27-19(24)15-12-17(29(25,26)23-8-10-28-11-9-23)18(20-13-15)22-7-4-16(14-22)21-5-2-3-6-21/h12-13,16H,2-11,14H2,1H3. The number of esters is 1. The van der Waals surface area contributed by atoms with Crippen LogP contribution in [0.2, 0.25) is 0 Å². The largest absolute Gasteiger partial charge is 0.465 e. The average Bonchev–Trinajstić information content (AvgIpc) is 3.45. The van der Waals surface area contributed by atoms with Crippen LogP contribution in [0.15, 0.2) is 17.2 Å². The molecule has 0 N–H and O–H groups in total. The number of carbonyl (C=O) groups is 1. The maximum atomic E-state index is 13.4. The molecule has 0 aliphatic carbocycles. The van der Waals surface area contributed by atoms with Crippen LogP contribution < -0.4 is 4.90 Å². The molecule has 1 aromatic heterocycles. The van der Waals surface area contributed by atoms with Gasteiger partial charge in [-0.2, -0.15) is 4.31 Å². The molecule has 160 valence electrons. The molecular weight excluding hydrogens is 396 g/mol. The molecule has 1 aromatic rings. The van der Waals surface area contributed by atoms with E-state index in [0.717, 1.165) is 32.6 Å². The molecule has 0 radical (unpaired) electrons. The second-order valence-electron chi connectivity index (χ2n) is 7.69. The van der Waals surface area contributed by atoms with Gasteiger partial charge in [-0.25, -0.2) is 18.2 Å². The van der Waals surface area contributed by atoms with Crippen molar-refractivity contribution in [2.45, 2.75) is 30.2 Å². The first-order valence-corrected chi connectivity index (χ1v) is 11.6. The van der Waals surface area contributed by atoms with E-state index in [2.05, 4.69) is 9.88 Å². The minimum absolute atomic E-state index is 0.0735. The lowest BCUT2D eigenvalue weighted by atomic mass is 10.2. The zero-order valence-electron chi connectivity index (χ0n) is 16.7. The quantitative estimate of drug-likeness (QED) is 0.634. The van der Waals surface area contributed by atoms with Crippen LogP contribution in [0.25, 0.3) is 0 Å². The van der Waals surface area contributed by atoms with E-state index >= 15 is 0 Å². The zero-order chi connectivity index (χ0) is 20.4. The minimum Gasteiger partial charge on any atom is -0.465 e. The number of rotatable bonds is 5. The Labute approximate surface area is 171 Å². The second-order valence-corrected chi connectivity index (χ2v) is 9.59. The molecule has 9 nitrogen and oxygen atoms in total. The summed E-state index contributed by atoms with van der Waals surface area (Å²) in [5, 5.41) is 0. The van der Waals surface area contributed by atoms with Crippen LogP contribution in [0.4, 0.5) is 5.82 Å². The maximum absolute atomic E-state index is 13.4. The van der Waals surface area contributed by atoms with Gasteiger partial charge in [0.05, 0.1) is 25.9 Å². The fourth-order valence-electron chi connectivity index (χ4n) is 4.36. The van der Waals surface area contributed by atoms with Crippen LogP contribution >= 0.6 is 0 Å². The summed E-state index contributed by atoms with van der Waals surface area (Å²) >= 11 is 0. The average molecular weight is 425 g/mol. The van der Waals surface area contributed by atoms with E-state index in [9.17, 15) is 13.2 Å².